The van der Waals surface area contributed by atoms with Crippen molar-refractivity contribution in [3.8, 4) is 0 Å². The number of hydrogen-bond donors (Lipinski definition) is 1. The lowest BCUT2D eigenvalue weighted by Crippen LogP contribution is -2.34. The topological polar surface area (TPSA) is 49.4 Å². The molecule has 96 valence electrons. The Bertz CT molecular complexity index is 329. The van der Waals surface area contributed by atoms with Crippen molar-refractivity contribution in [1.29, 1.82) is 0 Å². The number of rotatable bonds is 5. The minimum atomic E-state index is -0.122. The average molecular weight is 238 g/mol. The summed E-state index contributed by atoms with van der Waals surface area (Å²) in [6, 6.07) is 0. The van der Waals surface area contributed by atoms with Crippen molar-refractivity contribution in [2.75, 3.05) is 19.6 Å². The van der Waals surface area contributed by atoms with Crippen LogP contribution in [0.25, 0.3) is 0 Å². The lowest BCUT2D eigenvalue weighted by Gasteiger charge is -2.16. The van der Waals surface area contributed by atoms with Gasteiger partial charge < -0.3 is 10.2 Å². The molecular formula is C13H22N2O2. The van der Waals surface area contributed by atoms with Crippen LogP contribution in [0.3, 0.4) is 0 Å². The largest absolute Gasteiger partial charge is 0.356 e. The zero-order valence-electron chi connectivity index (χ0n) is 10.8. The Balaban J connectivity index is 1.60. The molecule has 2 unspecified atom stereocenters. The maximum atomic E-state index is 11.8. The molecule has 2 atom stereocenters. The van der Waals surface area contributed by atoms with Crippen molar-refractivity contribution in [1.82, 2.24) is 10.2 Å². The van der Waals surface area contributed by atoms with Gasteiger partial charge in [0.1, 0.15) is 0 Å². The molecule has 17 heavy (non-hydrogen) atoms. The highest BCUT2D eigenvalue weighted by Crippen LogP contribution is 2.51. The Morgan fingerprint density at radius 1 is 1.59 bits per heavy atom. The van der Waals surface area contributed by atoms with E-state index >= 15 is 0 Å². The van der Waals surface area contributed by atoms with Crippen molar-refractivity contribution in [3.05, 3.63) is 0 Å². The van der Waals surface area contributed by atoms with Gasteiger partial charge in [-0.3, -0.25) is 9.59 Å². The van der Waals surface area contributed by atoms with Crippen LogP contribution in [0, 0.1) is 11.3 Å². The molecule has 1 N–H and O–H groups in total. The molecule has 4 heteroatoms. The fourth-order valence-electron chi connectivity index (χ4n) is 2.51. The molecule has 2 rings (SSSR count). The van der Waals surface area contributed by atoms with Gasteiger partial charge in [0.15, 0.2) is 0 Å². The normalized spacial score (nSPS) is 31.8. The Labute approximate surface area is 103 Å². The minimum absolute atomic E-state index is 0.122. The summed E-state index contributed by atoms with van der Waals surface area (Å²) in [7, 11) is 0. The van der Waals surface area contributed by atoms with Gasteiger partial charge in [0, 0.05) is 31.5 Å². The first-order valence-corrected chi connectivity index (χ1v) is 6.60. The molecule has 1 aliphatic heterocycles. The van der Waals surface area contributed by atoms with E-state index in [2.05, 4.69) is 12.2 Å². The summed E-state index contributed by atoms with van der Waals surface area (Å²) in [5.41, 5.74) is -0.122. The summed E-state index contributed by atoms with van der Waals surface area (Å²) < 4.78 is 0. The van der Waals surface area contributed by atoms with E-state index in [4.69, 9.17) is 0 Å². The Morgan fingerprint density at radius 3 is 2.82 bits per heavy atom. The molecule has 0 radical (unpaired) electrons. The first kappa shape index (κ1) is 12.4. The van der Waals surface area contributed by atoms with E-state index in [1.165, 1.54) is 0 Å². The van der Waals surface area contributed by atoms with Crippen LogP contribution in [0.5, 0.6) is 0 Å². The number of carbonyl (C=O) groups excluding carboxylic acids is 2. The Morgan fingerprint density at radius 2 is 2.29 bits per heavy atom. The lowest BCUT2D eigenvalue weighted by molar-refractivity contribution is -0.127. The third-order valence-corrected chi connectivity index (χ3v) is 4.24. The van der Waals surface area contributed by atoms with Crippen LogP contribution >= 0.6 is 0 Å². The molecule has 0 bridgehead atoms. The van der Waals surface area contributed by atoms with Crippen molar-refractivity contribution in [3.63, 3.8) is 0 Å². The SMILES string of the molecule is CC1CC1(C)C(=O)NCCCN1CCCC1=O. The van der Waals surface area contributed by atoms with Gasteiger partial charge >= 0.3 is 0 Å². The number of nitrogens with one attached hydrogen (secondary N) is 1. The maximum absolute atomic E-state index is 11.8. The van der Waals surface area contributed by atoms with Crippen LogP contribution in [0.2, 0.25) is 0 Å². The third-order valence-electron chi connectivity index (χ3n) is 4.24. The Hall–Kier alpha value is -1.06. The van der Waals surface area contributed by atoms with Crippen LogP contribution in [0.4, 0.5) is 0 Å². The van der Waals surface area contributed by atoms with Crippen molar-refractivity contribution >= 4 is 11.8 Å². The highest BCUT2D eigenvalue weighted by Gasteiger charge is 2.52. The molecule has 0 aromatic heterocycles. The Kier molecular flexibility index (Phi) is 3.40. The highest BCUT2D eigenvalue weighted by molar-refractivity contribution is 5.85. The zero-order valence-corrected chi connectivity index (χ0v) is 10.8. The third kappa shape index (κ3) is 2.61. The van der Waals surface area contributed by atoms with E-state index in [0.29, 0.717) is 18.9 Å². The van der Waals surface area contributed by atoms with E-state index in [-0.39, 0.29) is 17.2 Å². The average Bonchev–Trinajstić information content (AvgIpc) is 2.71. The summed E-state index contributed by atoms with van der Waals surface area (Å²) in [4.78, 5) is 25.1. The fourth-order valence-corrected chi connectivity index (χ4v) is 2.51. The predicted molar refractivity (Wildman–Crippen MR) is 65.3 cm³/mol. The van der Waals surface area contributed by atoms with Gasteiger partial charge in [-0.1, -0.05) is 13.8 Å². The molecule has 0 aromatic rings. The molecule has 1 aliphatic carbocycles. The van der Waals surface area contributed by atoms with Crippen LogP contribution in [-0.2, 0) is 9.59 Å². The van der Waals surface area contributed by atoms with Crippen LogP contribution in [0.1, 0.15) is 39.5 Å². The molecule has 2 aliphatic rings. The number of hydrogen-bond acceptors (Lipinski definition) is 2. The minimum Gasteiger partial charge on any atom is -0.356 e. The second kappa shape index (κ2) is 4.67. The van der Waals surface area contributed by atoms with E-state index < -0.39 is 0 Å². The second-order valence-corrected chi connectivity index (χ2v) is 5.62. The highest BCUT2D eigenvalue weighted by atomic mass is 16.2. The first-order chi connectivity index (χ1) is 8.04. The van der Waals surface area contributed by atoms with Crippen molar-refractivity contribution < 1.29 is 9.59 Å². The summed E-state index contributed by atoms with van der Waals surface area (Å²) in [6.45, 7) is 6.50. The van der Waals surface area contributed by atoms with E-state index in [0.717, 1.165) is 32.4 Å². The zero-order chi connectivity index (χ0) is 12.5. The summed E-state index contributed by atoms with van der Waals surface area (Å²) in [5.74, 6) is 0.958. The quantitative estimate of drug-likeness (QED) is 0.731. The number of nitrogens with zero attached hydrogens (tertiary/aromatic N) is 1. The molecule has 0 spiro atoms. The summed E-state index contributed by atoms with van der Waals surface area (Å²) in [6.07, 6.45) is 3.55. The van der Waals surface area contributed by atoms with E-state index in [1.807, 2.05) is 11.8 Å². The first-order valence-electron chi connectivity index (χ1n) is 6.60. The van der Waals surface area contributed by atoms with Crippen LogP contribution in [0.15, 0.2) is 0 Å². The standard InChI is InChI=1S/C13H22N2O2/c1-10-9-13(10,2)12(17)14-6-4-8-15-7-3-5-11(15)16/h10H,3-9H2,1-2H3,(H,14,17). The lowest BCUT2D eigenvalue weighted by atomic mass is 10.1. The van der Waals surface area contributed by atoms with Crippen molar-refractivity contribution in [2.45, 2.75) is 39.5 Å². The fraction of sp³-hybridized carbons (Fsp3) is 0.846. The van der Waals surface area contributed by atoms with Gasteiger partial charge in [0.25, 0.3) is 0 Å². The smallest absolute Gasteiger partial charge is 0.226 e. The van der Waals surface area contributed by atoms with Crippen LogP contribution in [-0.4, -0.2) is 36.3 Å². The van der Waals surface area contributed by atoms with Crippen molar-refractivity contribution in [2.24, 2.45) is 11.3 Å². The molecule has 2 amide bonds. The molecule has 1 heterocycles. The van der Waals surface area contributed by atoms with Gasteiger partial charge in [-0.25, -0.2) is 0 Å². The molecule has 4 nitrogen and oxygen atoms in total. The van der Waals surface area contributed by atoms with Gasteiger partial charge in [-0.15, -0.1) is 0 Å². The summed E-state index contributed by atoms with van der Waals surface area (Å²) in [5, 5.41) is 2.98. The van der Waals surface area contributed by atoms with Gasteiger partial charge in [-0.2, -0.15) is 0 Å². The molecular weight excluding hydrogens is 216 g/mol. The number of likely N-dealkylation sites (tertiary alicyclic amines) is 1. The molecule has 0 aromatic carbocycles. The van der Waals surface area contributed by atoms with Gasteiger partial charge in [-0.05, 0) is 25.2 Å². The predicted octanol–water partition coefficient (Wildman–Crippen LogP) is 1.16. The van der Waals surface area contributed by atoms with E-state index in [9.17, 15) is 9.59 Å². The monoisotopic (exact) mass is 238 g/mol. The maximum Gasteiger partial charge on any atom is 0.226 e. The second-order valence-electron chi connectivity index (χ2n) is 5.62. The van der Waals surface area contributed by atoms with Gasteiger partial charge in [0.2, 0.25) is 11.8 Å². The summed E-state index contributed by atoms with van der Waals surface area (Å²) >= 11 is 0. The van der Waals surface area contributed by atoms with Gasteiger partial charge in [0.05, 0.1) is 0 Å². The molecule has 1 saturated carbocycles. The van der Waals surface area contributed by atoms with E-state index in [1.54, 1.807) is 0 Å². The number of amides is 2. The number of carbonyl (C=O) groups is 2. The molecule has 2 fully saturated rings. The van der Waals surface area contributed by atoms with Crippen LogP contribution < -0.4 is 5.32 Å². The molecule has 1 saturated heterocycles.